The van der Waals surface area contributed by atoms with Crippen LogP contribution in [0.3, 0.4) is 0 Å². The zero-order chi connectivity index (χ0) is 15.4. The van der Waals surface area contributed by atoms with E-state index < -0.39 is 21.9 Å². The van der Waals surface area contributed by atoms with Crippen LogP contribution in [0.4, 0.5) is 0 Å². The maximum Gasteiger partial charge on any atom is 0.335 e. The second kappa shape index (κ2) is 4.56. The van der Waals surface area contributed by atoms with E-state index in [1.54, 1.807) is 0 Å². The predicted octanol–water partition coefficient (Wildman–Crippen LogP) is 1.58. The largest absolute Gasteiger partial charge is 0.478 e. The molecular formula is C14H15NO5S. The van der Waals surface area contributed by atoms with Crippen molar-refractivity contribution in [3.05, 3.63) is 29.3 Å². The van der Waals surface area contributed by atoms with Gasteiger partial charge in [-0.15, -0.1) is 0 Å². The first-order valence-electron chi connectivity index (χ1n) is 6.77. The van der Waals surface area contributed by atoms with Crippen molar-refractivity contribution in [2.75, 3.05) is 6.54 Å². The molecule has 1 aliphatic heterocycles. The summed E-state index contributed by atoms with van der Waals surface area (Å²) in [6.45, 7) is 2.09. The van der Waals surface area contributed by atoms with Crippen LogP contribution >= 0.6 is 0 Å². The number of amides is 1. The minimum absolute atomic E-state index is 0.0583. The summed E-state index contributed by atoms with van der Waals surface area (Å²) in [5.41, 5.74) is -0.0785. The van der Waals surface area contributed by atoms with Crippen LogP contribution in [-0.4, -0.2) is 36.3 Å². The number of fused-ring (bicyclic) bond motifs is 1. The third-order valence-electron chi connectivity index (χ3n) is 4.13. The number of sulfonamides is 1. The van der Waals surface area contributed by atoms with E-state index in [2.05, 4.69) is 0 Å². The van der Waals surface area contributed by atoms with E-state index in [9.17, 15) is 18.0 Å². The number of aromatic carboxylic acids is 1. The Morgan fingerprint density at radius 3 is 2.67 bits per heavy atom. The van der Waals surface area contributed by atoms with Crippen molar-refractivity contribution in [3.8, 4) is 0 Å². The molecule has 1 heterocycles. The van der Waals surface area contributed by atoms with Gasteiger partial charge in [-0.1, -0.05) is 6.92 Å². The van der Waals surface area contributed by atoms with Crippen LogP contribution in [0.15, 0.2) is 23.1 Å². The van der Waals surface area contributed by atoms with Crippen LogP contribution in [0.5, 0.6) is 0 Å². The van der Waals surface area contributed by atoms with Crippen LogP contribution in [-0.2, 0) is 10.0 Å². The van der Waals surface area contributed by atoms with E-state index in [0.29, 0.717) is 5.92 Å². The number of hydrogen-bond acceptors (Lipinski definition) is 4. The van der Waals surface area contributed by atoms with Gasteiger partial charge in [-0.2, -0.15) is 0 Å². The van der Waals surface area contributed by atoms with E-state index in [1.165, 1.54) is 12.1 Å². The van der Waals surface area contributed by atoms with Crippen molar-refractivity contribution in [2.45, 2.75) is 24.7 Å². The number of hydrogen-bond donors (Lipinski definition) is 1. The van der Waals surface area contributed by atoms with Crippen LogP contribution in [0.2, 0.25) is 0 Å². The minimum Gasteiger partial charge on any atom is -0.478 e. The fourth-order valence-electron chi connectivity index (χ4n) is 2.66. The highest BCUT2D eigenvalue weighted by Gasteiger charge is 2.43. The molecule has 3 rings (SSSR count). The second-order valence-electron chi connectivity index (χ2n) is 5.67. The van der Waals surface area contributed by atoms with Gasteiger partial charge < -0.3 is 5.11 Å². The Balaban J connectivity index is 1.99. The van der Waals surface area contributed by atoms with E-state index in [-0.39, 0.29) is 28.5 Å². The predicted molar refractivity (Wildman–Crippen MR) is 73.5 cm³/mol. The monoisotopic (exact) mass is 309 g/mol. The summed E-state index contributed by atoms with van der Waals surface area (Å²) in [5.74, 6) is -1.18. The lowest BCUT2D eigenvalue weighted by Crippen LogP contribution is -2.34. The number of carbonyl (C=O) groups is 2. The van der Waals surface area contributed by atoms with Gasteiger partial charge in [0.25, 0.3) is 15.9 Å². The average Bonchev–Trinajstić information content (AvgIpc) is 3.24. The van der Waals surface area contributed by atoms with Crippen molar-refractivity contribution in [1.29, 1.82) is 0 Å². The average molecular weight is 309 g/mol. The lowest BCUT2D eigenvalue weighted by atomic mass is 10.1. The first kappa shape index (κ1) is 14.1. The van der Waals surface area contributed by atoms with Gasteiger partial charge in [0.1, 0.15) is 4.90 Å². The summed E-state index contributed by atoms with van der Waals surface area (Å²) in [6, 6.07) is 3.59. The molecule has 1 N–H and O–H groups in total. The normalized spacial score (nSPS) is 21.2. The molecular weight excluding hydrogens is 294 g/mol. The number of carboxylic acid groups (broad SMARTS) is 1. The van der Waals surface area contributed by atoms with Gasteiger partial charge in [0.15, 0.2) is 0 Å². The van der Waals surface area contributed by atoms with Crippen molar-refractivity contribution in [2.24, 2.45) is 11.8 Å². The SMILES string of the molecule is CC(CN1C(=O)c2ccc(C(=O)O)cc2S1(=O)=O)C1CC1. The number of benzene rings is 1. The molecule has 1 saturated carbocycles. The standard InChI is InChI=1S/C14H15NO5S/c1-8(9-2-3-9)7-15-13(16)11-5-4-10(14(17)18)6-12(11)21(15,19)20/h4-6,8-9H,2-3,7H2,1H3,(H,17,18). The van der Waals surface area contributed by atoms with Gasteiger partial charge in [0.2, 0.25) is 0 Å². The van der Waals surface area contributed by atoms with Gasteiger partial charge in [-0.25, -0.2) is 17.5 Å². The van der Waals surface area contributed by atoms with E-state index in [4.69, 9.17) is 5.11 Å². The molecule has 1 amide bonds. The summed E-state index contributed by atoms with van der Waals surface area (Å²) in [7, 11) is -3.93. The Morgan fingerprint density at radius 2 is 2.10 bits per heavy atom. The fourth-order valence-corrected chi connectivity index (χ4v) is 4.36. The molecule has 0 radical (unpaired) electrons. The first-order chi connectivity index (χ1) is 9.82. The first-order valence-corrected chi connectivity index (χ1v) is 8.21. The van der Waals surface area contributed by atoms with Crippen LogP contribution in [0, 0.1) is 11.8 Å². The number of carbonyl (C=O) groups excluding carboxylic acids is 1. The van der Waals surface area contributed by atoms with Crippen molar-refractivity contribution < 1.29 is 23.1 Å². The molecule has 1 aromatic carbocycles. The van der Waals surface area contributed by atoms with Crippen LogP contribution < -0.4 is 0 Å². The lowest BCUT2D eigenvalue weighted by Gasteiger charge is -2.19. The number of rotatable bonds is 4. The molecule has 0 saturated heterocycles. The van der Waals surface area contributed by atoms with Crippen LogP contribution in [0.1, 0.15) is 40.5 Å². The molecule has 1 fully saturated rings. The van der Waals surface area contributed by atoms with Gasteiger partial charge in [-0.05, 0) is 42.9 Å². The topological polar surface area (TPSA) is 91.8 Å². The van der Waals surface area contributed by atoms with Gasteiger partial charge in [0, 0.05) is 6.54 Å². The number of carboxylic acids is 1. The highest BCUT2D eigenvalue weighted by molar-refractivity contribution is 7.90. The summed E-state index contributed by atoms with van der Waals surface area (Å²) in [4.78, 5) is 23.0. The Hall–Kier alpha value is -1.89. The van der Waals surface area contributed by atoms with Crippen molar-refractivity contribution in [3.63, 3.8) is 0 Å². The van der Waals surface area contributed by atoms with Gasteiger partial charge in [0.05, 0.1) is 11.1 Å². The molecule has 1 unspecified atom stereocenters. The highest BCUT2D eigenvalue weighted by Crippen LogP contribution is 2.39. The van der Waals surface area contributed by atoms with E-state index in [0.717, 1.165) is 23.2 Å². The van der Waals surface area contributed by atoms with Gasteiger partial charge in [-0.3, -0.25) is 4.79 Å². The van der Waals surface area contributed by atoms with E-state index >= 15 is 0 Å². The molecule has 0 bridgehead atoms. The Bertz CT molecular complexity index is 736. The summed E-state index contributed by atoms with van der Waals surface area (Å²) in [5, 5.41) is 8.95. The highest BCUT2D eigenvalue weighted by atomic mass is 32.2. The Kier molecular flexibility index (Phi) is 3.05. The maximum absolute atomic E-state index is 12.5. The molecule has 0 aromatic heterocycles. The Labute approximate surface area is 122 Å². The molecule has 7 heteroatoms. The molecule has 0 spiro atoms. The van der Waals surface area contributed by atoms with Crippen molar-refractivity contribution in [1.82, 2.24) is 4.31 Å². The number of nitrogens with zero attached hydrogens (tertiary/aromatic N) is 1. The summed E-state index contributed by atoms with van der Waals surface area (Å²) >= 11 is 0. The second-order valence-corrected chi connectivity index (χ2v) is 7.50. The van der Waals surface area contributed by atoms with Gasteiger partial charge >= 0.3 is 5.97 Å². The fraction of sp³-hybridized carbons (Fsp3) is 0.429. The molecule has 6 nitrogen and oxygen atoms in total. The molecule has 1 aliphatic carbocycles. The maximum atomic E-state index is 12.5. The molecule has 1 atom stereocenters. The quantitative estimate of drug-likeness (QED) is 0.911. The summed E-state index contributed by atoms with van der Waals surface area (Å²) < 4.78 is 25.8. The third-order valence-corrected chi connectivity index (χ3v) is 5.92. The zero-order valence-corrected chi connectivity index (χ0v) is 12.3. The molecule has 2 aliphatic rings. The minimum atomic E-state index is -3.93. The smallest absolute Gasteiger partial charge is 0.335 e. The molecule has 1 aromatic rings. The Morgan fingerprint density at radius 1 is 1.43 bits per heavy atom. The van der Waals surface area contributed by atoms with Crippen LogP contribution in [0.25, 0.3) is 0 Å². The van der Waals surface area contributed by atoms with E-state index in [1.807, 2.05) is 6.92 Å². The van der Waals surface area contributed by atoms with Crippen molar-refractivity contribution >= 4 is 21.9 Å². The lowest BCUT2D eigenvalue weighted by molar-refractivity contribution is 0.0695. The zero-order valence-electron chi connectivity index (χ0n) is 11.4. The molecule has 21 heavy (non-hydrogen) atoms. The third kappa shape index (κ3) is 2.21. The summed E-state index contributed by atoms with van der Waals surface area (Å²) in [6.07, 6.45) is 2.14. The molecule has 112 valence electrons.